The van der Waals surface area contributed by atoms with Gasteiger partial charge in [-0.2, -0.15) is 0 Å². The standard InChI is InChI=1S/C15H10FNO/c16-13-7-3-1-5-10(13)12-9-15(18)17-14-8-4-2-6-11(12)14/h1-9H,(H,17,18). The normalized spacial score (nSPS) is 10.7. The van der Waals surface area contributed by atoms with Crippen molar-refractivity contribution < 1.29 is 4.39 Å². The Morgan fingerprint density at radius 2 is 1.61 bits per heavy atom. The first-order valence-electron chi connectivity index (χ1n) is 5.63. The molecule has 0 spiro atoms. The highest BCUT2D eigenvalue weighted by atomic mass is 19.1. The highest BCUT2D eigenvalue weighted by Gasteiger charge is 2.09. The van der Waals surface area contributed by atoms with Crippen molar-refractivity contribution in [3.8, 4) is 11.1 Å². The Morgan fingerprint density at radius 1 is 0.889 bits per heavy atom. The van der Waals surface area contributed by atoms with Crippen LogP contribution in [0.3, 0.4) is 0 Å². The van der Waals surface area contributed by atoms with Crippen LogP contribution in [-0.2, 0) is 0 Å². The number of nitrogens with one attached hydrogen (secondary N) is 1. The molecule has 1 N–H and O–H groups in total. The Hall–Kier alpha value is -2.42. The lowest BCUT2D eigenvalue weighted by Gasteiger charge is -2.07. The molecule has 0 fully saturated rings. The fraction of sp³-hybridized carbons (Fsp3) is 0. The molecule has 3 aromatic rings. The zero-order valence-corrected chi connectivity index (χ0v) is 9.48. The van der Waals surface area contributed by atoms with Crippen LogP contribution in [0.1, 0.15) is 0 Å². The number of rotatable bonds is 1. The Labute approximate surface area is 103 Å². The zero-order chi connectivity index (χ0) is 12.5. The first-order chi connectivity index (χ1) is 8.75. The maximum atomic E-state index is 13.8. The maximum absolute atomic E-state index is 13.8. The number of aromatic nitrogens is 1. The number of aromatic amines is 1. The number of hydrogen-bond donors (Lipinski definition) is 1. The third-order valence-corrected chi connectivity index (χ3v) is 2.91. The number of para-hydroxylation sites is 1. The van der Waals surface area contributed by atoms with Crippen LogP contribution in [0.25, 0.3) is 22.0 Å². The lowest BCUT2D eigenvalue weighted by atomic mass is 10.0. The summed E-state index contributed by atoms with van der Waals surface area (Å²) in [5.74, 6) is -0.326. The van der Waals surface area contributed by atoms with Gasteiger partial charge in [-0.1, -0.05) is 36.4 Å². The molecule has 0 saturated heterocycles. The zero-order valence-electron chi connectivity index (χ0n) is 9.48. The van der Waals surface area contributed by atoms with Crippen LogP contribution in [0.15, 0.2) is 59.4 Å². The van der Waals surface area contributed by atoms with Gasteiger partial charge in [0.05, 0.1) is 0 Å². The van der Waals surface area contributed by atoms with E-state index in [0.29, 0.717) is 16.6 Å². The SMILES string of the molecule is O=c1cc(-c2ccccc2F)c2ccccc2[nH]1. The minimum atomic E-state index is -0.326. The number of halogens is 1. The van der Waals surface area contributed by atoms with E-state index >= 15 is 0 Å². The fourth-order valence-corrected chi connectivity index (χ4v) is 2.11. The van der Waals surface area contributed by atoms with Crippen LogP contribution in [-0.4, -0.2) is 4.98 Å². The summed E-state index contributed by atoms with van der Waals surface area (Å²) in [6.45, 7) is 0. The minimum absolute atomic E-state index is 0.230. The monoisotopic (exact) mass is 239 g/mol. The van der Waals surface area contributed by atoms with E-state index in [1.165, 1.54) is 12.1 Å². The van der Waals surface area contributed by atoms with E-state index < -0.39 is 0 Å². The van der Waals surface area contributed by atoms with Crippen LogP contribution in [0, 0.1) is 5.82 Å². The van der Waals surface area contributed by atoms with E-state index in [2.05, 4.69) is 4.98 Å². The quantitative estimate of drug-likeness (QED) is 0.694. The predicted octanol–water partition coefficient (Wildman–Crippen LogP) is 3.33. The Morgan fingerprint density at radius 3 is 2.44 bits per heavy atom. The van der Waals surface area contributed by atoms with Gasteiger partial charge < -0.3 is 4.98 Å². The summed E-state index contributed by atoms with van der Waals surface area (Å²) < 4.78 is 13.8. The predicted molar refractivity (Wildman–Crippen MR) is 70.0 cm³/mol. The molecule has 0 atom stereocenters. The second-order valence-electron chi connectivity index (χ2n) is 4.07. The van der Waals surface area contributed by atoms with Crippen molar-refractivity contribution in [2.75, 3.05) is 0 Å². The van der Waals surface area contributed by atoms with Crippen LogP contribution < -0.4 is 5.56 Å². The van der Waals surface area contributed by atoms with Crippen molar-refractivity contribution in [2.24, 2.45) is 0 Å². The molecule has 0 bridgehead atoms. The van der Waals surface area contributed by atoms with Crippen molar-refractivity contribution in [1.82, 2.24) is 4.98 Å². The first kappa shape index (κ1) is 10.7. The summed E-state index contributed by atoms with van der Waals surface area (Å²) in [7, 11) is 0. The van der Waals surface area contributed by atoms with E-state index in [1.807, 2.05) is 18.2 Å². The summed E-state index contributed by atoms with van der Waals surface area (Å²) in [6, 6.07) is 15.3. The lowest BCUT2D eigenvalue weighted by molar-refractivity contribution is 0.631. The first-order valence-corrected chi connectivity index (χ1v) is 5.63. The van der Waals surface area contributed by atoms with Gasteiger partial charge in [-0.05, 0) is 17.7 Å². The summed E-state index contributed by atoms with van der Waals surface area (Å²) in [4.78, 5) is 14.4. The van der Waals surface area contributed by atoms with Crippen molar-refractivity contribution >= 4 is 10.9 Å². The van der Waals surface area contributed by atoms with E-state index in [0.717, 1.165) is 5.39 Å². The molecule has 1 heterocycles. The molecular formula is C15H10FNO. The smallest absolute Gasteiger partial charge is 0.249 e. The second kappa shape index (κ2) is 4.11. The van der Waals surface area contributed by atoms with E-state index in [9.17, 15) is 9.18 Å². The summed E-state index contributed by atoms with van der Waals surface area (Å²) >= 11 is 0. The van der Waals surface area contributed by atoms with Crippen molar-refractivity contribution in [2.45, 2.75) is 0 Å². The fourth-order valence-electron chi connectivity index (χ4n) is 2.11. The summed E-state index contributed by atoms with van der Waals surface area (Å²) in [6.07, 6.45) is 0. The van der Waals surface area contributed by atoms with Gasteiger partial charge in [0.2, 0.25) is 5.56 Å². The van der Waals surface area contributed by atoms with E-state index in [4.69, 9.17) is 0 Å². The summed E-state index contributed by atoms with van der Waals surface area (Å²) in [5.41, 5.74) is 1.54. The average Bonchev–Trinajstić information content (AvgIpc) is 2.38. The van der Waals surface area contributed by atoms with Gasteiger partial charge in [0, 0.05) is 22.5 Å². The third-order valence-electron chi connectivity index (χ3n) is 2.91. The average molecular weight is 239 g/mol. The lowest BCUT2D eigenvalue weighted by Crippen LogP contribution is -2.05. The minimum Gasteiger partial charge on any atom is -0.322 e. The Balaban J connectivity index is 2.42. The molecule has 2 aromatic carbocycles. The molecule has 0 radical (unpaired) electrons. The molecule has 0 saturated carbocycles. The highest BCUT2D eigenvalue weighted by molar-refractivity contribution is 5.94. The molecule has 0 amide bonds. The molecule has 2 nitrogen and oxygen atoms in total. The highest BCUT2D eigenvalue weighted by Crippen LogP contribution is 2.27. The van der Waals surface area contributed by atoms with Gasteiger partial charge in [-0.3, -0.25) is 4.79 Å². The molecule has 3 rings (SSSR count). The number of H-pyrrole nitrogens is 1. The van der Waals surface area contributed by atoms with Gasteiger partial charge >= 0.3 is 0 Å². The number of fused-ring (bicyclic) bond motifs is 1. The van der Waals surface area contributed by atoms with Crippen LogP contribution in [0.2, 0.25) is 0 Å². The van der Waals surface area contributed by atoms with Gasteiger partial charge in [0.25, 0.3) is 0 Å². The number of hydrogen-bond acceptors (Lipinski definition) is 1. The van der Waals surface area contributed by atoms with Gasteiger partial charge in [-0.15, -0.1) is 0 Å². The molecule has 3 heteroatoms. The molecule has 0 unspecified atom stereocenters. The van der Waals surface area contributed by atoms with Crippen molar-refractivity contribution in [3.63, 3.8) is 0 Å². The third kappa shape index (κ3) is 1.70. The van der Waals surface area contributed by atoms with E-state index in [-0.39, 0.29) is 11.4 Å². The topological polar surface area (TPSA) is 32.9 Å². The maximum Gasteiger partial charge on any atom is 0.249 e. The van der Waals surface area contributed by atoms with Crippen molar-refractivity contribution in [3.05, 3.63) is 70.8 Å². The van der Waals surface area contributed by atoms with Gasteiger partial charge in [0.15, 0.2) is 0 Å². The summed E-state index contributed by atoms with van der Waals surface area (Å²) in [5, 5.41) is 0.835. The van der Waals surface area contributed by atoms with Gasteiger partial charge in [-0.25, -0.2) is 4.39 Å². The molecule has 0 aliphatic heterocycles. The molecule has 88 valence electrons. The van der Waals surface area contributed by atoms with Crippen molar-refractivity contribution in [1.29, 1.82) is 0 Å². The molecule has 18 heavy (non-hydrogen) atoms. The molecule has 0 aliphatic carbocycles. The molecule has 1 aromatic heterocycles. The van der Waals surface area contributed by atoms with Gasteiger partial charge in [0.1, 0.15) is 5.82 Å². The van der Waals surface area contributed by atoms with E-state index in [1.54, 1.807) is 24.3 Å². The van der Waals surface area contributed by atoms with Crippen LogP contribution >= 0.6 is 0 Å². The number of benzene rings is 2. The molecule has 0 aliphatic rings. The second-order valence-corrected chi connectivity index (χ2v) is 4.07. The largest absolute Gasteiger partial charge is 0.322 e. The van der Waals surface area contributed by atoms with Crippen LogP contribution in [0.4, 0.5) is 4.39 Å². The Bertz CT molecular complexity index is 777. The number of pyridine rings is 1. The van der Waals surface area contributed by atoms with Crippen LogP contribution in [0.5, 0.6) is 0 Å². The Kier molecular flexibility index (Phi) is 2.45. The molecular weight excluding hydrogens is 229 g/mol.